The second-order valence-electron chi connectivity index (χ2n) is 9.52. The van der Waals surface area contributed by atoms with Crippen LogP contribution in [0.15, 0.2) is 59.1 Å². The first-order valence-corrected chi connectivity index (χ1v) is 13.3. The van der Waals surface area contributed by atoms with E-state index in [9.17, 15) is 18.8 Å². The van der Waals surface area contributed by atoms with Crippen molar-refractivity contribution >= 4 is 34.0 Å². The van der Waals surface area contributed by atoms with Crippen LogP contribution in [-0.2, 0) is 25.5 Å². The van der Waals surface area contributed by atoms with Gasteiger partial charge in [-0.05, 0) is 92.5 Å². The third-order valence-electron chi connectivity index (χ3n) is 5.44. The van der Waals surface area contributed by atoms with Crippen molar-refractivity contribution in [2.75, 3.05) is 19.8 Å². The van der Waals surface area contributed by atoms with E-state index in [4.69, 9.17) is 14.2 Å². The molecule has 2 aromatic carbocycles. The zero-order valence-electron chi connectivity index (χ0n) is 22.6. The summed E-state index contributed by atoms with van der Waals surface area (Å²) >= 11 is 3.59. The van der Waals surface area contributed by atoms with Crippen molar-refractivity contribution < 1.29 is 33.0 Å². The van der Waals surface area contributed by atoms with E-state index in [-0.39, 0.29) is 25.3 Å². The zero-order valence-corrected chi connectivity index (χ0v) is 24.2. The number of carbonyl (C=O) groups is 3. The fraction of sp³-hybridized carbons (Fsp3) is 0.345. The summed E-state index contributed by atoms with van der Waals surface area (Å²) in [4.78, 5) is 40.3. The first-order valence-electron chi connectivity index (χ1n) is 12.5. The normalized spacial score (nSPS) is 11.2. The number of hydrogen-bond donors (Lipinski definition) is 0. The molecule has 0 N–H and O–H groups in total. The molecule has 1 amide bonds. The molecule has 10 heteroatoms. The number of carbonyl (C=O) groups excluding carboxylic acids is 3. The van der Waals surface area contributed by atoms with E-state index < -0.39 is 36.0 Å². The first-order chi connectivity index (χ1) is 18.5. The maximum Gasteiger partial charge on any atom is 0.411 e. The Kier molecular flexibility index (Phi) is 9.91. The lowest BCUT2D eigenvalue weighted by Crippen LogP contribution is -2.40. The Bertz CT molecular complexity index is 1320. The van der Waals surface area contributed by atoms with Crippen LogP contribution >= 0.6 is 15.9 Å². The Morgan fingerprint density at radius 1 is 0.949 bits per heavy atom. The number of para-hydroxylation sites is 1. The van der Waals surface area contributed by atoms with E-state index in [1.165, 1.54) is 17.0 Å². The summed E-state index contributed by atoms with van der Waals surface area (Å²) < 4.78 is 32.1. The number of rotatable bonds is 9. The van der Waals surface area contributed by atoms with Crippen molar-refractivity contribution in [2.24, 2.45) is 0 Å². The van der Waals surface area contributed by atoms with Gasteiger partial charge in [-0.3, -0.25) is 9.69 Å². The molecule has 0 spiro atoms. The van der Waals surface area contributed by atoms with E-state index >= 15 is 0 Å². The third-order valence-corrected chi connectivity index (χ3v) is 6.21. The number of halogens is 2. The van der Waals surface area contributed by atoms with Crippen molar-refractivity contribution in [3.8, 4) is 16.9 Å². The number of nitrogens with zero attached hydrogens (tertiary/aromatic N) is 2. The average Bonchev–Trinajstić information content (AvgIpc) is 3.15. The van der Waals surface area contributed by atoms with Crippen molar-refractivity contribution in [3.63, 3.8) is 0 Å². The number of hydrogen-bond acceptors (Lipinski definition) is 6. The Labute approximate surface area is 235 Å². The molecule has 1 heterocycles. The molecule has 1 aromatic heterocycles. The lowest BCUT2D eigenvalue weighted by atomic mass is 10.1. The molecule has 0 saturated carbocycles. The molecule has 0 fully saturated rings. The van der Waals surface area contributed by atoms with E-state index in [0.29, 0.717) is 27.1 Å². The summed E-state index contributed by atoms with van der Waals surface area (Å²) in [5.41, 5.74) is 1.51. The lowest BCUT2D eigenvalue weighted by molar-refractivity contribution is -0.144. The van der Waals surface area contributed by atoms with Crippen LogP contribution in [0.25, 0.3) is 16.9 Å². The van der Waals surface area contributed by atoms with E-state index in [1.54, 1.807) is 51.3 Å². The van der Waals surface area contributed by atoms with Crippen LogP contribution in [0.5, 0.6) is 0 Å². The molecular formula is C29H32BrFN2O6. The lowest BCUT2D eigenvalue weighted by Gasteiger charge is -2.27. The van der Waals surface area contributed by atoms with Gasteiger partial charge in [0.2, 0.25) is 0 Å². The molecule has 0 aliphatic carbocycles. The second kappa shape index (κ2) is 12.9. The number of benzene rings is 2. The predicted molar refractivity (Wildman–Crippen MR) is 148 cm³/mol. The fourth-order valence-corrected chi connectivity index (χ4v) is 4.73. The standard InChI is InChI=1S/C29H32BrFN2O6/c1-6-37-23(34)18-32(28(36)39-29(3,4)5)17-22-24(27(35)38-7-2)25(30)26(19-13-15-20(31)16-14-19)33(22)21-11-9-8-10-12-21/h8-16H,6-7,17-18H2,1-5H3. The van der Waals surface area contributed by atoms with Crippen LogP contribution in [0.4, 0.5) is 9.18 Å². The molecule has 0 aliphatic heterocycles. The van der Waals surface area contributed by atoms with Crippen LogP contribution in [0.1, 0.15) is 50.7 Å². The average molecular weight is 603 g/mol. The van der Waals surface area contributed by atoms with Gasteiger partial charge in [-0.15, -0.1) is 0 Å². The van der Waals surface area contributed by atoms with Gasteiger partial charge >= 0.3 is 18.0 Å². The van der Waals surface area contributed by atoms with Crippen LogP contribution in [0.2, 0.25) is 0 Å². The molecule has 0 aliphatic rings. The van der Waals surface area contributed by atoms with Gasteiger partial charge in [0.1, 0.15) is 18.0 Å². The minimum Gasteiger partial charge on any atom is -0.465 e. The van der Waals surface area contributed by atoms with Gasteiger partial charge in [0, 0.05) is 5.69 Å². The molecule has 0 unspecified atom stereocenters. The summed E-state index contributed by atoms with van der Waals surface area (Å²) in [5.74, 6) is -1.67. The molecule has 0 radical (unpaired) electrons. The smallest absolute Gasteiger partial charge is 0.411 e. The van der Waals surface area contributed by atoms with Gasteiger partial charge in [0.25, 0.3) is 0 Å². The Balaban J connectivity index is 2.30. The summed E-state index contributed by atoms with van der Waals surface area (Å²) in [6.45, 7) is 8.15. The van der Waals surface area contributed by atoms with Gasteiger partial charge in [-0.1, -0.05) is 18.2 Å². The summed E-state index contributed by atoms with van der Waals surface area (Å²) in [5, 5.41) is 0. The van der Waals surface area contributed by atoms with E-state index in [0.717, 1.165) is 0 Å². The first kappa shape index (κ1) is 29.9. The van der Waals surface area contributed by atoms with Crippen molar-refractivity contribution in [1.82, 2.24) is 9.47 Å². The van der Waals surface area contributed by atoms with Crippen LogP contribution in [0.3, 0.4) is 0 Å². The minimum atomic E-state index is -0.838. The van der Waals surface area contributed by atoms with Crippen LogP contribution in [-0.4, -0.2) is 52.9 Å². The molecule has 0 saturated heterocycles. The highest BCUT2D eigenvalue weighted by Crippen LogP contribution is 2.39. The molecule has 208 valence electrons. The number of ether oxygens (including phenoxy) is 3. The van der Waals surface area contributed by atoms with E-state index in [2.05, 4.69) is 15.9 Å². The molecular weight excluding hydrogens is 571 g/mol. The highest BCUT2D eigenvalue weighted by atomic mass is 79.9. The van der Waals surface area contributed by atoms with Crippen molar-refractivity contribution in [2.45, 2.75) is 46.8 Å². The highest BCUT2D eigenvalue weighted by molar-refractivity contribution is 9.10. The zero-order chi connectivity index (χ0) is 28.7. The Hall–Kier alpha value is -3.66. The molecule has 0 bridgehead atoms. The quantitative estimate of drug-likeness (QED) is 0.205. The minimum absolute atomic E-state index is 0.117. The van der Waals surface area contributed by atoms with Crippen molar-refractivity contribution in [1.29, 1.82) is 0 Å². The number of amides is 1. The maximum atomic E-state index is 13.8. The third kappa shape index (κ3) is 7.47. The monoisotopic (exact) mass is 602 g/mol. The Morgan fingerprint density at radius 2 is 1.56 bits per heavy atom. The second-order valence-corrected chi connectivity index (χ2v) is 10.3. The van der Waals surface area contributed by atoms with Gasteiger partial charge in [0.15, 0.2) is 0 Å². The van der Waals surface area contributed by atoms with Crippen LogP contribution in [0, 0.1) is 5.82 Å². The van der Waals surface area contributed by atoms with Gasteiger partial charge < -0.3 is 18.8 Å². The summed E-state index contributed by atoms with van der Waals surface area (Å²) in [7, 11) is 0. The molecule has 39 heavy (non-hydrogen) atoms. The molecule has 8 nitrogen and oxygen atoms in total. The highest BCUT2D eigenvalue weighted by Gasteiger charge is 2.33. The summed E-state index contributed by atoms with van der Waals surface area (Å²) in [6.07, 6.45) is -0.759. The van der Waals surface area contributed by atoms with Gasteiger partial charge in [-0.25, -0.2) is 14.0 Å². The fourth-order valence-electron chi connectivity index (χ4n) is 3.93. The van der Waals surface area contributed by atoms with E-state index in [1.807, 2.05) is 30.3 Å². The van der Waals surface area contributed by atoms with Gasteiger partial charge in [-0.2, -0.15) is 0 Å². The maximum absolute atomic E-state index is 13.8. The largest absolute Gasteiger partial charge is 0.465 e. The topological polar surface area (TPSA) is 87.1 Å². The predicted octanol–water partition coefficient (Wildman–Crippen LogP) is 6.52. The molecule has 3 aromatic rings. The Morgan fingerprint density at radius 3 is 2.13 bits per heavy atom. The SMILES string of the molecule is CCOC(=O)CN(Cc1c(C(=O)OCC)c(Br)c(-c2ccc(F)cc2)n1-c1ccccc1)C(=O)OC(C)(C)C. The van der Waals surface area contributed by atoms with Gasteiger partial charge in [0.05, 0.1) is 41.2 Å². The summed E-state index contributed by atoms with van der Waals surface area (Å²) in [6, 6.07) is 15.0. The molecule has 0 atom stereocenters. The van der Waals surface area contributed by atoms with Crippen LogP contribution < -0.4 is 0 Å². The molecule has 3 rings (SSSR count). The van der Waals surface area contributed by atoms with Crippen molar-refractivity contribution in [3.05, 3.63) is 76.1 Å². The number of esters is 2. The number of aromatic nitrogens is 1.